The van der Waals surface area contributed by atoms with E-state index < -0.39 is 0 Å². The molecular weight excluding hydrogens is 227 g/mol. The van der Waals surface area contributed by atoms with Gasteiger partial charge in [-0.3, -0.25) is 4.79 Å². The summed E-state index contributed by atoms with van der Waals surface area (Å²) in [5, 5.41) is 9.66. The highest BCUT2D eigenvalue weighted by molar-refractivity contribution is 6.38. The van der Waals surface area contributed by atoms with E-state index in [0.717, 1.165) is 0 Å². The number of carbonyl (C=O) groups excluding carboxylic acids is 1. The molecule has 0 aromatic heterocycles. The Labute approximate surface area is 91.2 Å². The molecule has 0 radical (unpaired) electrons. The van der Waals surface area contributed by atoms with Gasteiger partial charge in [0.1, 0.15) is 10.8 Å². The Kier molecular flexibility index (Phi) is 3.24. The van der Waals surface area contributed by atoms with Crippen LogP contribution in [0.2, 0.25) is 10.0 Å². The van der Waals surface area contributed by atoms with Gasteiger partial charge >= 0.3 is 0 Å². The van der Waals surface area contributed by atoms with Crippen molar-refractivity contribution in [3.63, 3.8) is 0 Å². The van der Waals surface area contributed by atoms with E-state index in [4.69, 9.17) is 27.9 Å². The van der Waals surface area contributed by atoms with Crippen LogP contribution in [0.25, 0.3) is 0 Å². The van der Waals surface area contributed by atoms with E-state index in [9.17, 15) is 9.90 Å². The Balaban J connectivity index is 3.47. The van der Waals surface area contributed by atoms with E-state index in [-0.39, 0.29) is 32.9 Å². The Bertz CT molecular complexity index is 388. The average molecular weight is 235 g/mol. The summed E-state index contributed by atoms with van der Waals surface area (Å²) in [6, 6.07) is 1.32. The van der Waals surface area contributed by atoms with Gasteiger partial charge in [-0.25, -0.2) is 0 Å². The van der Waals surface area contributed by atoms with Crippen molar-refractivity contribution in [3.05, 3.63) is 21.7 Å². The highest BCUT2D eigenvalue weighted by atomic mass is 35.5. The molecule has 1 aromatic carbocycles. The van der Waals surface area contributed by atoms with Crippen LogP contribution in [0.4, 0.5) is 0 Å². The molecule has 3 nitrogen and oxygen atoms in total. The van der Waals surface area contributed by atoms with E-state index in [2.05, 4.69) is 0 Å². The van der Waals surface area contributed by atoms with Gasteiger partial charge in [-0.1, -0.05) is 23.2 Å². The summed E-state index contributed by atoms with van der Waals surface area (Å²) in [7, 11) is 1.37. The first-order valence-corrected chi connectivity index (χ1v) is 4.50. The van der Waals surface area contributed by atoms with Crippen molar-refractivity contribution in [2.24, 2.45) is 0 Å². The SMILES string of the molecule is COc1c(Cl)cc(C(C)=O)c(O)c1Cl. The third-order valence-corrected chi connectivity index (χ3v) is 2.37. The van der Waals surface area contributed by atoms with E-state index in [1.54, 1.807) is 0 Å². The Morgan fingerprint density at radius 1 is 1.50 bits per heavy atom. The molecule has 76 valence electrons. The minimum atomic E-state index is -0.311. The second-order valence-corrected chi connectivity index (χ2v) is 3.44. The number of ether oxygens (including phenoxy) is 1. The number of hydrogen-bond acceptors (Lipinski definition) is 3. The lowest BCUT2D eigenvalue weighted by Gasteiger charge is -2.09. The van der Waals surface area contributed by atoms with E-state index in [1.165, 1.54) is 20.1 Å². The second kappa shape index (κ2) is 4.07. The fourth-order valence-corrected chi connectivity index (χ4v) is 1.66. The number of halogens is 2. The lowest BCUT2D eigenvalue weighted by molar-refractivity contribution is 0.101. The number of aromatic hydroxyl groups is 1. The fourth-order valence-electron chi connectivity index (χ4n) is 1.05. The Morgan fingerprint density at radius 2 is 2.07 bits per heavy atom. The quantitative estimate of drug-likeness (QED) is 0.801. The molecule has 0 aliphatic rings. The first-order valence-electron chi connectivity index (χ1n) is 3.75. The zero-order valence-corrected chi connectivity index (χ0v) is 9.11. The first kappa shape index (κ1) is 11.1. The lowest BCUT2D eigenvalue weighted by atomic mass is 10.1. The van der Waals surface area contributed by atoms with Crippen LogP contribution in [-0.4, -0.2) is 18.0 Å². The van der Waals surface area contributed by atoms with Crippen LogP contribution in [0.1, 0.15) is 17.3 Å². The van der Waals surface area contributed by atoms with Crippen LogP contribution in [0.5, 0.6) is 11.5 Å². The van der Waals surface area contributed by atoms with Crippen LogP contribution in [0, 0.1) is 0 Å². The number of phenols is 1. The molecule has 0 aliphatic carbocycles. The van der Waals surface area contributed by atoms with Gasteiger partial charge in [0.2, 0.25) is 0 Å². The van der Waals surface area contributed by atoms with Crippen LogP contribution in [0.15, 0.2) is 6.07 Å². The molecule has 0 fully saturated rings. The largest absolute Gasteiger partial charge is 0.505 e. The topological polar surface area (TPSA) is 46.5 Å². The monoisotopic (exact) mass is 234 g/mol. The predicted molar refractivity (Wildman–Crippen MR) is 54.7 cm³/mol. The summed E-state index contributed by atoms with van der Waals surface area (Å²) in [4.78, 5) is 11.1. The molecule has 0 saturated heterocycles. The molecule has 0 aliphatic heterocycles. The second-order valence-electron chi connectivity index (χ2n) is 2.66. The minimum Gasteiger partial charge on any atom is -0.505 e. The van der Waals surface area contributed by atoms with Gasteiger partial charge in [0.05, 0.1) is 17.7 Å². The highest BCUT2D eigenvalue weighted by Crippen LogP contribution is 2.41. The van der Waals surface area contributed by atoms with Crippen molar-refractivity contribution in [2.75, 3.05) is 7.11 Å². The summed E-state index contributed by atoms with van der Waals surface area (Å²) < 4.78 is 4.86. The molecule has 0 heterocycles. The summed E-state index contributed by atoms with van der Waals surface area (Å²) in [6.45, 7) is 1.31. The number of methoxy groups -OCH3 is 1. The van der Waals surface area contributed by atoms with Gasteiger partial charge in [0.15, 0.2) is 11.5 Å². The minimum absolute atomic E-state index is 0.0507. The number of hydrogen-bond donors (Lipinski definition) is 1. The van der Waals surface area contributed by atoms with Crippen molar-refractivity contribution in [2.45, 2.75) is 6.92 Å². The third kappa shape index (κ3) is 1.79. The number of Topliss-reactive ketones (excluding diaryl/α,β-unsaturated/α-hetero) is 1. The van der Waals surface area contributed by atoms with Crippen LogP contribution < -0.4 is 4.74 Å². The molecule has 0 amide bonds. The standard InChI is InChI=1S/C9H8Cl2O3/c1-4(12)5-3-6(10)9(14-2)7(11)8(5)13/h3,13H,1-2H3. The van der Waals surface area contributed by atoms with Crippen molar-refractivity contribution in [3.8, 4) is 11.5 Å². The summed E-state index contributed by atoms with van der Waals surface area (Å²) in [5.74, 6) is -0.454. The molecule has 0 spiro atoms. The molecule has 1 N–H and O–H groups in total. The van der Waals surface area contributed by atoms with Gasteiger partial charge in [0.25, 0.3) is 0 Å². The summed E-state index contributed by atoms with van der Waals surface area (Å²) in [5.41, 5.74) is 0.0841. The normalized spacial score (nSPS) is 10.0. The summed E-state index contributed by atoms with van der Waals surface area (Å²) >= 11 is 11.5. The smallest absolute Gasteiger partial charge is 0.163 e. The van der Waals surface area contributed by atoms with Gasteiger partial charge in [-0.2, -0.15) is 0 Å². The van der Waals surface area contributed by atoms with E-state index in [1.807, 2.05) is 0 Å². The maximum absolute atomic E-state index is 11.1. The van der Waals surface area contributed by atoms with Crippen molar-refractivity contribution in [1.29, 1.82) is 0 Å². The predicted octanol–water partition coefficient (Wildman–Crippen LogP) is 2.91. The number of carbonyl (C=O) groups is 1. The number of benzene rings is 1. The number of phenolic OH excluding ortho intramolecular Hbond substituents is 1. The molecular formula is C9H8Cl2O3. The molecule has 0 atom stereocenters. The molecule has 0 unspecified atom stereocenters. The van der Waals surface area contributed by atoms with E-state index >= 15 is 0 Å². The van der Waals surface area contributed by atoms with Crippen LogP contribution >= 0.6 is 23.2 Å². The van der Waals surface area contributed by atoms with Crippen molar-refractivity contribution < 1.29 is 14.6 Å². The van der Waals surface area contributed by atoms with Crippen LogP contribution in [0.3, 0.4) is 0 Å². The number of ketones is 1. The van der Waals surface area contributed by atoms with Gasteiger partial charge in [-0.05, 0) is 13.0 Å². The Hall–Kier alpha value is -0.930. The van der Waals surface area contributed by atoms with Crippen molar-refractivity contribution >= 4 is 29.0 Å². The van der Waals surface area contributed by atoms with Gasteiger partial charge in [0, 0.05) is 0 Å². The lowest BCUT2D eigenvalue weighted by Crippen LogP contribution is -1.95. The maximum Gasteiger partial charge on any atom is 0.163 e. The van der Waals surface area contributed by atoms with E-state index in [0.29, 0.717) is 0 Å². The zero-order chi connectivity index (χ0) is 10.9. The molecule has 1 aromatic rings. The Morgan fingerprint density at radius 3 is 2.50 bits per heavy atom. The van der Waals surface area contributed by atoms with Crippen LogP contribution in [-0.2, 0) is 0 Å². The van der Waals surface area contributed by atoms with Gasteiger partial charge < -0.3 is 9.84 Å². The highest BCUT2D eigenvalue weighted by Gasteiger charge is 2.18. The third-order valence-electron chi connectivity index (χ3n) is 1.73. The molecule has 1 rings (SSSR count). The molecule has 0 bridgehead atoms. The first-order chi connectivity index (χ1) is 6.49. The fraction of sp³-hybridized carbons (Fsp3) is 0.222. The number of rotatable bonds is 2. The summed E-state index contributed by atoms with van der Waals surface area (Å²) in [6.07, 6.45) is 0. The maximum atomic E-state index is 11.1. The average Bonchev–Trinajstić information content (AvgIpc) is 2.12. The van der Waals surface area contributed by atoms with Crippen molar-refractivity contribution in [1.82, 2.24) is 0 Å². The molecule has 14 heavy (non-hydrogen) atoms. The molecule has 5 heteroatoms. The van der Waals surface area contributed by atoms with Gasteiger partial charge in [-0.15, -0.1) is 0 Å². The zero-order valence-electron chi connectivity index (χ0n) is 7.60. The molecule has 0 saturated carbocycles.